The summed E-state index contributed by atoms with van der Waals surface area (Å²) in [5.41, 5.74) is 6.96. The molecular weight excluding hydrogens is 271 g/mol. The molecule has 0 aliphatic heterocycles. The first-order valence-corrected chi connectivity index (χ1v) is 6.52. The number of ether oxygens (including phenoxy) is 2. The molecule has 0 saturated carbocycles. The Morgan fingerprint density at radius 2 is 1.80 bits per heavy atom. The van der Waals surface area contributed by atoms with Crippen LogP contribution in [0.25, 0.3) is 0 Å². The predicted molar refractivity (Wildman–Crippen MR) is 70.8 cm³/mol. The molecule has 6 heteroatoms. The van der Waals surface area contributed by atoms with Gasteiger partial charge in [0.15, 0.2) is 0 Å². The van der Waals surface area contributed by atoms with Crippen molar-refractivity contribution in [3.63, 3.8) is 0 Å². The summed E-state index contributed by atoms with van der Waals surface area (Å²) in [6, 6.07) is 7.50. The number of hydrogen-bond acceptors (Lipinski definition) is 3. The third-order valence-corrected chi connectivity index (χ3v) is 2.71. The third-order valence-electron chi connectivity index (χ3n) is 2.71. The number of hydrogen-bond donors (Lipinski definition) is 1. The van der Waals surface area contributed by atoms with Gasteiger partial charge in [-0.2, -0.15) is 13.2 Å². The predicted octanol–water partition coefficient (Wildman–Crippen LogP) is 2.92. The van der Waals surface area contributed by atoms with E-state index in [-0.39, 0.29) is 19.3 Å². The van der Waals surface area contributed by atoms with E-state index >= 15 is 0 Å². The lowest BCUT2D eigenvalue weighted by molar-refractivity contribution is -0.175. The molecule has 1 aromatic rings. The van der Waals surface area contributed by atoms with Crippen molar-refractivity contribution < 1.29 is 22.6 Å². The molecule has 0 aliphatic carbocycles. The maximum atomic E-state index is 11.8. The summed E-state index contributed by atoms with van der Waals surface area (Å²) < 4.78 is 45.2. The van der Waals surface area contributed by atoms with E-state index < -0.39 is 12.8 Å². The molecule has 1 aromatic carbocycles. The van der Waals surface area contributed by atoms with Crippen LogP contribution in [0, 0.1) is 0 Å². The molecule has 1 unspecified atom stereocenters. The van der Waals surface area contributed by atoms with Crippen molar-refractivity contribution >= 4 is 0 Å². The van der Waals surface area contributed by atoms with Crippen molar-refractivity contribution in [2.75, 3.05) is 19.8 Å². The first-order chi connectivity index (χ1) is 9.40. The maximum Gasteiger partial charge on any atom is 0.411 e. The molecule has 0 spiro atoms. The van der Waals surface area contributed by atoms with Crippen molar-refractivity contribution in [3.05, 3.63) is 29.8 Å². The van der Waals surface area contributed by atoms with Crippen molar-refractivity contribution in [1.82, 2.24) is 0 Å². The summed E-state index contributed by atoms with van der Waals surface area (Å²) in [6.45, 7) is 0.777. The largest absolute Gasteiger partial charge is 0.491 e. The highest BCUT2D eigenvalue weighted by Crippen LogP contribution is 2.15. The van der Waals surface area contributed by atoms with E-state index in [1.807, 2.05) is 19.1 Å². The number of alkyl halides is 3. The third kappa shape index (κ3) is 7.35. The van der Waals surface area contributed by atoms with Crippen LogP contribution in [0.3, 0.4) is 0 Å². The summed E-state index contributed by atoms with van der Waals surface area (Å²) in [7, 11) is 0. The van der Waals surface area contributed by atoms with Crippen LogP contribution in [0.1, 0.15) is 18.9 Å². The Morgan fingerprint density at radius 3 is 2.35 bits per heavy atom. The van der Waals surface area contributed by atoms with Crippen LogP contribution in [0.15, 0.2) is 24.3 Å². The number of halogens is 3. The molecule has 0 radical (unpaired) electrons. The molecule has 20 heavy (non-hydrogen) atoms. The molecule has 0 aromatic heterocycles. The Labute approximate surface area is 116 Å². The van der Waals surface area contributed by atoms with Gasteiger partial charge >= 0.3 is 6.18 Å². The minimum Gasteiger partial charge on any atom is -0.491 e. The van der Waals surface area contributed by atoms with E-state index in [2.05, 4.69) is 4.74 Å². The van der Waals surface area contributed by atoms with E-state index in [1.54, 1.807) is 12.1 Å². The molecule has 2 N–H and O–H groups in total. The van der Waals surface area contributed by atoms with E-state index in [1.165, 1.54) is 0 Å². The van der Waals surface area contributed by atoms with Crippen molar-refractivity contribution in [2.45, 2.75) is 32.0 Å². The van der Waals surface area contributed by atoms with Gasteiger partial charge in [-0.05, 0) is 30.5 Å². The van der Waals surface area contributed by atoms with Gasteiger partial charge < -0.3 is 15.2 Å². The molecule has 0 bridgehead atoms. The number of rotatable bonds is 8. The summed E-state index contributed by atoms with van der Waals surface area (Å²) in [6.07, 6.45) is -2.58. The molecule has 1 atom stereocenters. The van der Waals surface area contributed by atoms with E-state index in [0.717, 1.165) is 18.4 Å². The summed E-state index contributed by atoms with van der Waals surface area (Å²) in [4.78, 5) is 0. The van der Waals surface area contributed by atoms with Gasteiger partial charge in [-0.3, -0.25) is 0 Å². The minimum atomic E-state index is -4.29. The molecule has 3 nitrogen and oxygen atoms in total. The first kappa shape index (κ1) is 16.8. The van der Waals surface area contributed by atoms with Gasteiger partial charge in [0.05, 0.1) is 6.61 Å². The molecule has 0 fully saturated rings. The minimum absolute atomic E-state index is 0.0872. The molecule has 114 valence electrons. The monoisotopic (exact) mass is 291 g/mol. The molecule has 0 saturated heterocycles. The second-order valence-corrected chi connectivity index (χ2v) is 4.53. The lowest BCUT2D eigenvalue weighted by Gasteiger charge is -2.11. The highest BCUT2D eigenvalue weighted by molar-refractivity contribution is 5.27. The second kappa shape index (κ2) is 8.11. The van der Waals surface area contributed by atoms with Crippen LogP contribution < -0.4 is 10.5 Å². The summed E-state index contributed by atoms with van der Waals surface area (Å²) in [5, 5.41) is 0. The van der Waals surface area contributed by atoms with Crippen molar-refractivity contribution in [1.29, 1.82) is 0 Å². The fourth-order valence-electron chi connectivity index (χ4n) is 1.58. The summed E-state index contributed by atoms with van der Waals surface area (Å²) in [5.74, 6) is 0.606. The quantitative estimate of drug-likeness (QED) is 0.749. The Morgan fingerprint density at radius 1 is 1.15 bits per heavy atom. The zero-order valence-electron chi connectivity index (χ0n) is 11.5. The molecule has 1 rings (SSSR count). The lowest BCUT2D eigenvalue weighted by Crippen LogP contribution is -2.21. The topological polar surface area (TPSA) is 44.5 Å². The highest BCUT2D eigenvalue weighted by atomic mass is 19.4. The highest BCUT2D eigenvalue weighted by Gasteiger charge is 2.27. The normalized spacial score (nSPS) is 13.2. The van der Waals surface area contributed by atoms with Crippen molar-refractivity contribution in [3.8, 4) is 5.75 Å². The van der Waals surface area contributed by atoms with Gasteiger partial charge in [0.1, 0.15) is 19.0 Å². The van der Waals surface area contributed by atoms with Crippen LogP contribution in [-0.4, -0.2) is 32.0 Å². The average Bonchev–Trinajstić information content (AvgIpc) is 2.39. The summed E-state index contributed by atoms with van der Waals surface area (Å²) >= 11 is 0. The Balaban J connectivity index is 2.25. The van der Waals surface area contributed by atoms with Gasteiger partial charge in [0, 0.05) is 6.04 Å². The zero-order valence-corrected chi connectivity index (χ0v) is 11.5. The standard InChI is InChI=1S/C14H20F3NO2/c1-2-12(18)9-11-3-5-13(6-4-11)20-8-7-19-10-14(15,16)17/h3-6,12H,2,7-10,18H2,1H3. The van der Waals surface area contributed by atoms with Gasteiger partial charge in [-0.15, -0.1) is 0 Å². The van der Waals surface area contributed by atoms with Crippen LogP contribution in [0.4, 0.5) is 13.2 Å². The zero-order chi connectivity index (χ0) is 15.0. The Hall–Kier alpha value is -1.27. The fraction of sp³-hybridized carbons (Fsp3) is 0.571. The molecule has 0 amide bonds. The van der Waals surface area contributed by atoms with Gasteiger partial charge in [0.25, 0.3) is 0 Å². The number of nitrogens with two attached hydrogens (primary N) is 1. The molecular formula is C14H20F3NO2. The van der Waals surface area contributed by atoms with Gasteiger partial charge in [-0.25, -0.2) is 0 Å². The van der Waals surface area contributed by atoms with E-state index in [9.17, 15) is 13.2 Å². The van der Waals surface area contributed by atoms with E-state index in [0.29, 0.717) is 5.75 Å². The first-order valence-electron chi connectivity index (χ1n) is 6.52. The van der Waals surface area contributed by atoms with E-state index in [4.69, 9.17) is 10.5 Å². The lowest BCUT2D eigenvalue weighted by atomic mass is 10.0. The van der Waals surface area contributed by atoms with Crippen LogP contribution in [-0.2, 0) is 11.2 Å². The van der Waals surface area contributed by atoms with Gasteiger partial charge in [0.2, 0.25) is 0 Å². The second-order valence-electron chi connectivity index (χ2n) is 4.53. The molecule has 0 aliphatic rings. The maximum absolute atomic E-state index is 11.8. The smallest absolute Gasteiger partial charge is 0.411 e. The fourth-order valence-corrected chi connectivity index (χ4v) is 1.58. The number of benzene rings is 1. The Bertz CT molecular complexity index is 379. The SMILES string of the molecule is CCC(N)Cc1ccc(OCCOCC(F)(F)F)cc1. The van der Waals surface area contributed by atoms with Crippen LogP contribution in [0.2, 0.25) is 0 Å². The van der Waals surface area contributed by atoms with Gasteiger partial charge in [-0.1, -0.05) is 19.1 Å². The average molecular weight is 291 g/mol. The van der Waals surface area contributed by atoms with Crippen LogP contribution in [0.5, 0.6) is 5.75 Å². The van der Waals surface area contributed by atoms with Crippen LogP contribution >= 0.6 is 0 Å². The Kier molecular flexibility index (Phi) is 6.81. The molecule has 0 heterocycles. The van der Waals surface area contributed by atoms with Crippen molar-refractivity contribution in [2.24, 2.45) is 5.73 Å².